The molecule has 4 N–H and O–H groups in total. The maximum atomic E-state index is 12.0. The van der Waals surface area contributed by atoms with Crippen LogP contribution >= 0.6 is 0 Å². The summed E-state index contributed by atoms with van der Waals surface area (Å²) in [4.78, 5) is 27.1. The fraction of sp³-hybridized carbons (Fsp3) is 0.500. The van der Waals surface area contributed by atoms with E-state index in [0.717, 1.165) is 0 Å². The smallest absolute Gasteiger partial charge is 0.351 e. The molecule has 0 amide bonds. The molecule has 0 unspecified atom stereocenters. The van der Waals surface area contributed by atoms with Crippen molar-refractivity contribution in [1.29, 1.82) is 0 Å². The molecule has 2 rings (SSSR count). The first kappa shape index (κ1) is 17.1. The van der Waals surface area contributed by atoms with E-state index < -0.39 is 30.1 Å². The molecule has 0 saturated carbocycles. The van der Waals surface area contributed by atoms with Crippen molar-refractivity contribution in [3.63, 3.8) is 0 Å². The molecule has 9 heteroatoms. The van der Waals surface area contributed by atoms with Crippen LogP contribution in [0.3, 0.4) is 0 Å². The summed E-state index contributed by atoms with van der Waals surface area (Å²) in [7, 11) is 1.25. The zero-order valence-electron chi connectivity index (χ0n) is 12.8. The van der Waals surface area contributed by atoms with Crippen LogP contribution in [0.1, 0.15) is 25.1 Å². The number of nitrogens with zero attached hydrogens (tertiary/aromatic N) is 2. The minimum Gasteiger partial charge on any atom is -0.466 e. The Morgan fingerprint density at radius 2 is 2.35 bits per heavy atom. The number of ether oxygens (including phenoxy) is 2. The van der Waals surface area contributed by atoms with Gasteiger partial charge >= 0.3 is 11.7 Å². The van der Waals surface area contributed by atoms with E-state index >= 15 is 0 Å². The number of carbonyl (C=O) groups excluding carboxylic acids is 1. The van der Waals surface area contributed by atoms with Gasteiger partial charge in [0.1, 0.15) is 18.1 Å². The van der Waals surface area contributed by atoms with Gasteiger partial charge in [-0.2, -0.15) is 4.98 Å². The Bertz CT molecular complexity index is 684. The van der Waals surface area contributed by atoms with Crippen LogP contribution in [0.15, 0.2) is 16.6 Å². The number of carbonyl (C=O) groups is 1. The van der Waals surface area contributed by atoms with E-state index in [2.05, 4.69) is 9.72 Å². The Hall–Kier alpha value is -2.23. The number of methoxy groups -OCH3 is 1. The van der Waals surface area contributed by atoms with Crippen LogP contribution in [-0.2, 0) is 14.3 Å². The summed E-state index contributed by atoms with van der Waals surface area (Å²) in [6.45, 7) is 1.18. The summed E-state index contributed by atoms with van der Waals surface area (Å²) in [5.74, 6) is -0.568. The van der Waals surface area contributed by atoms with Gasteiger partial charge in [-0.1, -0.05) is 0 Å². The van der Waals surface area contributed by atoms with Gasteiger partial charge in [-0.25, -0.2) is 9.59 Å². The fourth-order valence-corrected chi connectivity index (χ4v) is 2.32. The minimum absolute atomic E-state index is 0.0354. The largest absolute Gasteiger partial charge is 0.466 e. The van der Waals surface area contributed by atoms with Crippen LogP contribution in [0.2, 0.25) is 0 Å². The Balaban J connectivity index is 2.38. The molecule has 2 heterocycles. The number of rotatable bonds is 4. The van der Waals surface area contributed by atoms with Crippen LogP contribution in [0.25, 0.3) is 6.08 Å². The lowest BCUT2D eigenvalue weighted by molar-refractivity contribution is -0.135. The van der Waals surface area contributed by atoms with Crippen LogP contribution in [0.4, 0.5) is 5.82 Å². The van der Waals surface area contributed by atoms with Crippen molar-refractivity contribution in [2.75, 3.05) is 19.5 Å². The summed E-state index contributed by atoms with van der Waals surface area (Å²) < 4.78 is 11.2. The summed E-state index contributed by atoms with van der Waals surface area (Å²) in [6, 6.07) is 0. The average Bonchev–Trinajstić information content (AvgIpc) is 2.89. The monoisotopic (exact) mass is 325 g/mol. The van der Waals surface area contributed by atoms with Crippen molar-refractivity contribution >= 4 is 17.9 Å². The number of aromatic nitrogens is 2. The summed E-state index contributed by atoms with van der Waals surface area (Å²) >= 11 is 0. The Labute approximate surface area is 132 Å². The number of aliphatic hydroxyl groups is 2. The molecule has 0 bridgehead atoms. The van der Waals surface area contributed by atoms with E-state index in [-0.39, 0.29) is 24.4 Å². The number of hydrogen-bond donors (Lipinski definition) is 3. The molecule has 1 saturated heterocycles. The number of hydrogen-bond acceptors (Lipinski definition) is 8. The zero-order chi connectivity index (χ0) is 17.1. The molecular weight excluding hydrogens is 306 g/mol. The second-order valence-electron chi connectivity index (χ2n) is 5.21. The number of anilines is 1. The van der Waals surface area contributed by atoms with E-state index in [1.807, 2.05) is 0 Å². The van der Waals surface area contributed by atoms with Crippen LogP contribution < -0.4 is 11.4 Å². The Kier molecular flexibility index (Phi) is 5.14. The zero-order valence-corrected chi connectivity index (χ0v) is 12.8. The van der Waals surface area contributed by atoms with Gasteiger partial charge in [-0.15, -0.1) is 0 Å². The summed E-state index contributed by atoms with van der Waals surface area (Å²) in [5, 5.41) is 18.9. The van der Waals surface area contributed by atoms with Gasteiger partial charge in [0.25, 0.3) is 0 Å². The van der Waals surface area contributed by atoms with Gasteiger partial charge < -0.3 is 25.4 Å². The van der Waals surface area contributed by atoms with Crippen LogP contribution in [-0.4, -0.2) is 51.7 Å². The molecule has 0 radical (unpaired) electrons. The van der Waals surface area contributed by atoms with Crippen molar-refractivity contribution in [2.45, 2.75) is 31.8 Å². The first-order valence-electron chi connectivity index (χ1n) is 6.97. The van der Waals surface area contributed by atoms with Gasteiger partial charge in [0.05, 0.1) is 19.8 Å². The predicted octanol–water partition coefficient (Wildman–Crippen LogP) is -0.957. The Morgan fingerprint density at radius 1 is 1.65 bits per heavy atom. The summed E-state index contributed by atoms with van der Waals surface area (Å²) in [6.07, 6.45) is 0.558. The predicted molar refractivity (Wildman–Crippen MR) is 80.2 cm³/mol. The van der Waals surface area contributed by atoms with Crippen LogP contribution in [0, 0.1) is 0 Å². The quantitative estimate of drug-likeness (QED) is 0.475. The van der Waals surface area contributed by atoms with E-state index in [1.165, 1.54) is 23.9 Å². The number of nitrogen functional groups attached to an aromatic ring is 1. The Morgan fingerprint density at radius 3 is 2.91 bits per heavy atom. The number of nitrogens with two attached hydrogens (primary N) is 1. The molecule has 1 aliphatic heterocycles. The molecule has 3 atom stereocenters. The van der Waals surface area contributed by atoms with Crippen molar-refractivity contribution in [3.05, 3.63) is 27.8 Å². The van der Waals surface area contributed by atoms with Crippen LogP contribution in [0.5, 0.6) is 0 Å². The minimum atomic E-state index is -0.884. The topological polar surface area (TPSA) is 137 Å². The molecular formula is C14H19N3O6. The highest BCUT2D eigenvalue weighted by Gasteiger charge is 2.35. The maximum absolute atomic E-state index is 12.0. The van der Waals surface area contributed by atoms with Crippen molar-refractivity contribution in [2.24, 2.45) is 0 Å². The number of aliphatic hydroxyl groups excluding tert-OH is 2. The normalized spacial score (nSPS) is 24.7. The molecule has 1 aromatic heterocycles. The molecule has 1 aliphatic rings. The first-order valence-corrected chi connectivity index (χ1v) is 6.97. The average molecular weight is 325 g/mol. The van der Waals surface area contributed by atoms with E-state index in [4.69, 9.17) is 15.6 Å². The summed E-state index contributed by atoms with van der Waals surface area (Å²) in [5.41, 5.74) is 5.69. The molecule has 9 nitrogen and oxygen atoms in total. The molecule has 126 valence electrons. The first-order chi connectivity index (χ1) is 10.9. The molecule has 0 spiro atoms. The van der Waals surface area contributed by atoms with Crippen molar-refractivity contribution < 1.29 is 24.5 Å². The van der Waals surface area contributed by atoms with E-state index in [1.54, 1.807) is 6.92 Å². The molecule has 1 aromatic rings. The highest BCUT2D eigenvalue weighted by molar-refractivity contribution is 5.93. The maximum Gasteiger partial charge on any atom is 0.351 e. The molecule has 1 fully saturated rings. The lowest BCUT2D eigenvalue weighted by Crippen LogP contribution is -2.28. The standard InChI is InChI=1S/C14H19N3O6/c1-7(13(20)22-2)3-8-5-17(14(21)16-12(8)15)11-4-9(19)10(6-18)23-11/h3,5,9-11,18-19H,4,6H2,1-2H3,(H2,15,16,21)/b7-3+/t9-,10+,11+/m0/s1. The third kappa shape index (κ3) is 3.58. The van der Waals surface area contributed by atoms with Gasteiger partial charge in [0.2, 0.25) is 0 Å². The molecule has 23 heavy (non-hydrogen) atoms. The van der Waals surface area contributed by atoms with Gasteiger partial charge in [-0.05, 0) is 13.0 Å². The lowest BCUT2D eigenvalue weighted by Gasteiger charge is -2.15. The fourth-order valence-electron chi connectivity index (χ4n) is 2.32. The SMILES string of the molecule is COC(=O)/C(C)=C/c1cn([C@H]2C[C@H](O)[C@@H](CO)O2)c(=O)nc1N. The number of esters is 1. The van der Waals surface area contributed by atoms with Gasteiger partial charge in [0, 0.05) is 23.8 Å². The highest BCUT2D eigenvalue weighted by atomic mass is 16.5. The molecule has 0 aliphatic carbocycles. The second-order valence-corrected chi connectivity index (χ2v) is 5.21. The third-order valence-electron chi connectivity index (χ3n) is 3.58. The van der Waals surface area contributed by atoms with E-state index in [0.29, 0.717) is 5.56 Å². The van der Waals surface area contributed by atoms with Crippen molar-refractivity contribution in [1.82, 2.24) is 9.55 Å². The lowest BCUT2D eigenvalue weighted by atomic mass is 10.2. The van der Waals surface area contributed by atoms with Gasteiger partial charge in [0.15, 0.2) is 0 Å². The van der Waals surface area contributed by atoms with Crippen molar-refractivity contribution in [3.8, 4) is 0 Å². The molecule has 0 aromatic carbocycles. The second kappa shape index (κ2) is 6.90. The third-order valence-corrected chi connectivity index (χ3v) is 3.58. The van der Waals surface area contributed by atoms with E-state index in [9.17, 15) is 14.7 Å². The van der Waals surface area contributed by atoms with Gasteiger partial charge in [-0.3, -0.25) is 4.57 Å². The highest BCUT2D eigenvalue weighted by Crippen LogP contribution is 2.28.